The molecule has 2 aliphatic heterocycles. The Morgan fingerprint density at radius 3 is 1.77 bits per heavy atom. The molecule has 2 atom stereocenters. The minimum atomic E-state index is 0.219. The third-order valence-corrected chi connectivity index (χ3v) is 2.40. The van der Waals surface area contributed by atoms with Gasteiger partial charge in [-0.05, 0) is 12.8 Å². The first-order chi connectivity index (χ1) is 6.45. The monoisotopic (exact) mass is 186 g/mol. The molecule has 0 saturated carbocycles. The van der Waals surface area contributed by atoms with Gasteiger partial charge in [0.2, 0.25) is 0 Å². The SMILES string of the molecule is C1CC(OC2CCNCN2)NCN1. The molecule has 0 spiro atoms. The maximum Gasteiger partial charge on any atom is 0.112 e. The van der Waals surface area contributed by atoms with E-state index in [-0.39, 0.29) is 12.5 Å². The Morgan fingerprint density at radius 2 is 1.38 bits per heavy atom. The molecule has 76 valence electrons. The summed E-state index contributed by atoms with van der Waals surface area (Å²) in [5.41, 5.74) is 0. The fourth-order valence-corrected chi connectivity index (χ4v) is 1.65. The molecule has 5 nitrogen and oxygen atoms in total. The van der Waals surface area contributed by atoms with E-state index in [1.807, 2.05) is 0 Å². The van der Waals surface area contributed by atoms with E-state index in [1.54, 1.807) is 0 Å². The van der Waals surface area contributed by atoms with Gasteiger partial charge in [-0.2, -0.15) is 0 Å². The second-order valence-electron chi connectivity index (χ2n) is 3.45. The molecule has 2 aliphatic rings. The van der Waals surface area contributed by atoms with Gasteiger partial charge in [-0.25, -0.2) is 0 Å². The van der Waals surface area contributed by atoms with Crippen LogP contribution in [0.2, 0.25) is 0 Å². The predicted molar refractivity (Wildman–Crippen MR) is 49.9 cm³/mol. The summed E-state index contributed by atoms with van der Waals surface area (Å²) in [4.78, 5) is 0. The third-order valence-electron chi connectivity index (χ3n) is 2.40. The molecular formula is C8H18N4O. The fourth-order valence-electron chi connectivity index (χ4n) is 1.65. The highest BCUT2D eigenvalue weighted by atomic mass is 16.5. The zero-order valence-electron chi connectivity index (χ0n) is 7.81. The summed E-state index contributed by atoms with van der Waals surface area (Å²) < 4.78 is 5.83. The van der Waals surface area contributed by atoms with Crippen LogP contribution < -0.4 is 21.3 Å². The lowest BCUT2D eigenvalue weighted by Crippen LogP contribution is -2.53. The van der Waals surface area contributed by atoms with Crippen LogP contribution in [0.4, 0.5) is 0 Å². The summed E-state index contributed by atoms with van der Waals surface area (Å²) in [6.45, 7) is 3.80. The third kappa shape index (κ3) is 2.89. The Hall–Kier alpha value is -0.200. The highest BCUT2D eigenvalue weighted by Crippen LogP contribution is 2.04. The van der Waals surface area contributed by atoms with Gasteiger partial charge in [0.05, 0.1) is 0 Å². The van der Waals surface area contributed by atoms with E-state index >= 15 is 0 Å². The Kier molecular flexibility index (Phi) is 3.51. The minimum Gasteiger partial charge on any atom is -0.345 e. The first kappa shape index (κ1) is 9.36. The van der Waals surface area contributed by atoms with E-state index in [2.05, 4.69) is 21.3 Å². The first-order valence-corrected chi connectivity index (χ1v) is 4.99. The maximum atomic E-state index is 5.83. The van der Waals surface area contributed by atoms with Crippen molar-refractivity contribution in [3.63, 3.8) is 0 Å². The number of hydrogen-bond donors (Lipinski definition) is 4. The molecule has 4 N–H and O–H groups in total. The van der Waals surface area contributed by atoms with Crippen LogP contribution in [0, 0.1) is 0 Å². The lowest BCUT2D eigenvalue weighted by molar-refractivity contribution is -0.0676. The van der Waals surface area contributed by atoms with E-state index < -0.39 is 0 Å². The average molecular weight is 186 g/mol. The number of nitrogens with one attached hydrogen (secondary N) is 4. The van der Waals surface area contributed by atoms with E-state index in [0.29, 0.717) is 0 Å². The number of ether oxygens (including phenoxy) is 1. The first-order valence-electron chi connectivity index (χ1n) is 4.99. The van der Waals surface area contributed by atoms with E-state index in [1.165, 1.54) is 0 Å². The largest absolute Gasteiger partial charge is 0.345 e. The molecule has 0 bridgehead atoms. The second kappa shape index (κ2) is 4.88. The van der Waals surface area contributed by atoms with E-state index in [4.69, 9.17) is 4.74 Å². The highest BCUT2D eigenvalue weighted by molar-refractivity contribution is 4.69. The maximum absolute atomic E-state index is 5.83. The van der Waals surface area contributed by atoms with Crippen molar-refractivity contribution in [2.24, 2.45) is 0 Å². The smallest absolute Gasteiger partial charge is 0.112 e. The quantitative estimate of drug-likeness (QED) is 0.433. The average Bonchev–Trinajstić information content (AvgIpc) is 2.21. The number of hydrogen-bond acceptors (Lipinski definition) is 5. The van der Waals surface area contributed by atoms with Crippen LogP contribution in [-0.2, 0) is 4.74 Å². The zero-order valence-corrected chi connectivity index (χ0v) is 7.81. The van der Waals surface area contributed by atoms with Crippen molar-refractivity contribution in [2.75, 3.05) is 26.4 Å². The Labute approximate surface area is 78.6 Å². The van der Waals surface area contributed by atoms with Gasteiger partial charge < -0.3 is 15.4 Å². The molecule has 0 aromatic carbocycles. The van der Waals surface area contributed by atoms with Crippen LogP contribution in [0.15, 0.2) is 0 Å². The molecule has 0 radical (unpaired) electrons. The van der Waals surface area contributed by atoms with Gasteiger partial charge in [0.15, 0.2) is 0 Å². The van der Waals surface area contributed by atoms with E-state index in [9.17, 15) is 0 Å². The zero-order chi connectivity index (χ0) is 8.93. The van der Waals surface area contributed by atoms with Gasteiger partial charge in [-0.3, -0.25) is 10.6 Å². The van der Waals surface area contributed by atoms with Gasteiger partial charge in [-0.15, -0.1) is 0 Å². The molecule has 2 fully saturated rings. The summed E-state index contributed by atoms with van der Waals surface area (Å²) in [5, 5.41) is 13.0. The Balaban J connectivity index is 1.69. The van der Waals surface area contributed by atoms with Crippen LogP contribution in [-0.4, -0.2) is 38.9 Å². The van der Waals surface area contributed by atoms with Crippen molar-refractivity contribution in [2.45, 2.75) is 25.3 Å². The standard InChI is InChI=1S/C8H18N4O/c1-3-9-5-11-7(1)13-8-2-4-10-6-12-8/h7-12H,1-6H2. The summed E-state index contributed by atoms with van der Waals surface area (Å²) in [6.07, 6.45) is 2.53. The molecule has 2 heterocycles. The Morgan fingerprint density at radius 1 is 0.846 bits per heavy atom. The molecule has 13 heavy (non-hydrogen) atoms. The molecule has 5 heteroatoms. The highest BCUT2D eigenvalue weighted by Gasteiger charge is 2.19. The van der Waals surface area contributed by atoms with Crippen molar-refractivity contribution >= 4 is 0 Å². The van der Waals surface area contributed by atoms with Gasteiger partial charge in [-0.1, -0.05) is 0 Å². The molecular weight excluding hydrogens is 168 g/mol. The lowest BCUT2D eigenvalue weighted by atomic mass is 10.3. The van der Waals surface area contributed by atoms with Crippen LogP contribution in [0.3, 0.4) is 0 Å². The normalized spacial score (nSPS) is 36.0. The fraction of sp³-hybridized carbons (Fsp3) is 1.00. The van der Waals surface area contributed by atoms with Crippen LogP contribution in [0.1, 0.15) is 12.8 Å². The molecule has 2 unspecified atom stereocenters. The summed E-state index contributed by atoms with van der Waals surface area (Å²) in [5.74, 6) is 0. The van der Waals surface area contributed by atoms with E-state index in [0.717, 1.165) is 39.3 Å². The molecule has 0 aromatic rings. The predicted octanol–water partition coefficient (Wildman–Crippen LogP) is -1.26. The van der Waals surface area contributed by atoms with Crippen molar-refractivity contribution in [1.29, 1.82) is 0 Å². The van der Waals surface area contributed by atoms with Crippen LogP contribution in [0.5, 0.6) is 0 Å². The Bertz CT molecular complexity index is 127. The van der Waals surface area contributed by atoms with Gasteiger partial charge >= 0.3 is 0 Å². The van der Waals surface area contributed by atoms with Crippen LogP contribution >= 0.6 is 0 Å². The summed E-state index contributed by atoms with van der Waals surface area (Å²) in [7, 11) is 0. The minimum absolute atomic E-state index is 0.219. The topological polar surface area (TPSA) is 57.4 Å². The summed E-state index contributed by atoms with van der Waals surface area (Å²) in [6, 6.07) is 0. The molecule has 0 amide bonds. The molecule has 0 aromatic heterocycles. The van der Waals surface area contributed by atoms with Crippen molar-refractivity contribution in [1.82, 2.24) is 21.3 Å². The summed E-state index contributed by atoms with van der Waals surface area (Å²) >= 11 is 0. The van der Waals surface area contributed by atoms with Crippen molar-refractivity contribution in [3.05, 3.63) is 0 Å². The van der Waals surface area contributed by atoms with Crippen molar-refractivity contribution in [3.8, 4) is 0 Å². The molecule has 2 saturated heterocycles. The molecule has 0 aliphatic carbocycles. The van der Waals surface area contributed by atoms with Gasteiger partial charge in [0.25, 0.3) is 0 Å². The molecule has 2 rings (SSSR count). The second-order valence-corrected chi connectivity index (χ2v) is 3.45. The van der Waals surface area contributed by atoms with Gasteiger partial charge in [0.1, 0.15) is 12.5 Å². The van der Waals surface area contributed by atoms with Crippen LogP contribution in [0.25, 0.3) is 0 Å². The lowest BCUT2D eigenvalue weighted by Gasteiger charge is -2.31. The van der Waals surface area contributed by atoms with Gasteiger partial charge in [0, 0.05) is 26.4 Å². The number of rotatable bonds is 2. The van der Waals surface area contributed by atoms with Crippen molar-refractivity contribution < 1.29 is 4.74 Å².